The minimum absolute atomic E-state index is 0.0123. The Bertz CT molecular complexity index is 3570. The van der Waals surface area contributed by atoms with Crippen LogP contribution >= 0.6 is 12.2 Å². The summed E-state index contributed by atoms with van der Waals surface area (Å²) in [6.45, 7) is -0.869. The van der Waals surface area contributed by atoms with Gasteiger partial charge >= 0.3 is 29.9 Å². The second kappa shape index (κ2) is 32.1. The highest BCUT2D eigenvalue weighted by Gasteiger charge is 2.39. The van der Waals surface area contributed by atoms with Gasteiger partial charge in [-0.1, -0.05) is 109 Å². The van der Waals surface area contributed by atoms with Crippen molar-refractivity contribution in [1.82, 2.24) is 42.5 Å². The summed E-state index contributed by atoms with van der Waals surface area (Å²) in [4.78, 5) is 141. The third-order valence-electron chi connectivity index (χ3n) is 14.3. The molecule has 5 aromatic carbocycles. The zero-order valence-corrected chi connectivity index (χ0v) is 48.8. The highest BCUT2D eigenvalue weighted by atomic mass is 32.1. The van der Waals surface area contributed by atoms with Crippen LogP contribution in [0.3, 0.4) is 0 Å². The largest absolute Gasteiger partial charge is 0.508 e. The van der Waals surface area contributed by atoms with E-state index in [0.29, 0.717) is 27.8 Å². The van der Waals surface area contributed by atoms with Crippen LogP contribution in [0, 0.1) is 5.92 Å². The topological polar surface area (TPSA) is 406 Å². The van der Waals surface area contributed by atoms with Crippen molar-refractivity contribution in [3.05, 3.63) is 185 Å². The van der Waals surface area contributed by atoms with Crippen LogP contribution in [0.5, 0.6) is 11.5 Å². The van der Waals surface area contributed by atoms with Gasteiger partial charge in [0.15, 0.2) is 10.9 Å². The predicted octanol–water partition coefficient (Wildman–Crippen LogP) is 2.81. The lowest BCUT2D eigenvalue weighted by atomic mass is 9.74. The molecule has 7 atom stereocenters. The smallest absolute Gasteiger partial charge is 0.336 e. The number of carbonyl (C=O) groups excluding carboxylic acids is 7. The molecule has 0 bridgehead atoms. The number of nitrogens with one attached hydrogen (secondary N) is 9. The second-order valence-electron chi connectivity index (χ2n) is 20.9. The van der Waals surface area contributed by atoms with E-state index in [4.69, 9.17) is 22.1 Å². The third kappa shape index (κ3) is 19.8. The number of carbonyl (C=O) groups is 11. The number of benzene rings is 5. The SMILES string of the molecule is O=C1C=CC2C(=C1)Oc1cc(O)ccc1C2c1ccc(NC(=S)N[C@@H](Cc2ccccc2)C(=O)N[C@@H](Cc2ccccc2)C(=O)NCC(=O)NCCNC(=O)[C@H](Cc2ccccc2)NC(=O)CC[C@H](NC(=O)N[C@@H](CCC(=O)O)C(=O)O)C(=O)O)cc1C(=O)O. The number of thiocarbonyl (C=S) groups is 1. The summed E-state index contributed by atoms with van der Waals surface area (Å²) < 4.78 is 6.01. The molecule has 27 heteroatoms. The number of aromatic hydroxyl groups is 1. The molecule has 14 N–H and O–H groups in total. The van der Waals surface area contributed by atoms with Gasteiger partial charge in [-0.3, -0.25) is 33.6 Å². The fraction of sp³-hybridized carbons (Fsp3) is 0.270. The van der Waals surface area contributed by atoms with Crippen LogP contribution in [-0.4, -0.2) is 146 Å². The van der Waals surface area contributed by atoms with E-state index < -0.39 is 134 Å². The van der Waals surface area contributed by atoms with Gasteiger partial charge in [0, 0.05) is 80.4 Å². The number of ketones is 1. The van der Waals surface area contributed by atoms with Crippen LogP contribution in [0.15, 0.2) is 151 Å². The number of aromatic carboxylic acids is 1. The van der Waals surface area contributed by atoms with E-state index in [2.05, 4.69) is 42.5 Å². The van der Waals surface area contributed by atoms with Crippen molar-refractivity contribution < 1.29 is 83.0 Å². The minimum Gasteiger partial charge on any atom is -0.508 e. The van der Waals surface area contributed by atoms with Crippen molar-refractivity contribution in [1.29, 1.82) is 0 Å². The lowest BCUT2D eigenvalue weighted by molar-refractivity contribution is -0.141. The summed E-state index contributed by atoms with van der Waals surface area (Å²) in [5.74, 6) is -10.3. The molecule has 0 fully saturated rings. The second-order valence-corrected chi connectivity index (χ2v) is 21.3. The summed E-state index contributed by atoms with van der Waals surface area (Å²) in [6, 6.07) is 27.2. The van der Waals surface area contributed by atoms with Gasteiger partial charge in [0.05, 0.1) is 12.1 Å². The van der Waals surface area contributed by atoms with Crippen LogP contribution in [0.1, 0.15) is 69.8 Å². The van der Waals surface area contributed by atoms with Gasteiger partial charge in [0.2, 0.25) is 29.5 Å². The van der Waals surface area contributed by atoms with Crippen molar-refractivity contribution in [2.45, 2.75) is 81.1 Å². The number of amides is 7. The summed E-state index contributed by atoms with van der Waals surface area (Å²) >= 11 is 5.73. The standard InChI is InChI=1S/C63H65N9O17S/c73-39-17-20-42-50(32-39)89-51-33-40(74)18-21-43(51)55(42)41-19-16-38(31-44(41)59(82)83)67-63(90)72-49(30-37-14-8-3-9-15-37)58(81)69-48(29-36-12-6-2-7-13-36)57(80)66-34-53(76)64-26-27-65-56(79)47(28-35-10-4-1-5-11-35)68-52(75)24-22-45(60(84)85)70-62(88)71-46(61(86)87)23-25-54(77)78/h1-21,31-33,42,45-49,55,74H,22-30,34H2,(H,64,76)(H,65,79)(H,66,80)(H,68,75)(H,69,81)(H,77,78)(H,82,83)(H,84,85)(H,86,87)(H2,67,72,90)(H2,70,71,88)/t42?,45-,46-,47-,48-,49-,55?/m0/s1. The zero-order valence-electron chi connectivity index (χ0n) is 48.0. The Morgan fingerprint density at radius 2 is 1.08 bits per heavy atom. The highest BCUT2D eigenvalue weighted by Crippen LogP contribution is 2.49. The molecule has 7 rings (SSSR count). The summed E-state index contributed by atoms with van der Waals surface area (Å²) in [5, 5.41) is 71.9. The molecule has 1 heterocycles. The van der Waals surface area contributed by atoms with E-state index in [1.807, 2.05) is 5.32 Å². The number of hydrogen-bond donors (Lipinski definition) is 14. The normalized spacial score (nSPS) is 15.3. The van der Waals surface area contributed by atoms with Crippen LogP contribution < -0.4 is 52.6 Å². The molecule has 7 amide bonds. The van der Waals surface area contributed by atoms with E-state index >= 15 is 0 Å². The Morgan fingerprint density at radius 3 is 1.64 bits per heavy atom. The number of hydrogen-bond acceptors (Lipinski definition) is 14. The maximum atomic E-state index is 14.5. The molecule has 0 spiro atoms. The quantitative estimate of drug-likeness (QED) is 0.0232. The first-order valence-corrected chi connectivity index (χ1v) is 28.7. The maximum Gasteiger partial charge on any atom is 0.336 e. The molecule has 0 saturated carbocycles. The van der Waals surface area contributed by atoms with E-state index in [9.17, 15) is 73.2 Å². The van der Waals surface area contributed by atoms with Gasteiger partial charge < -0.3 is 78.1 Å². The number of carboxylic acid groups (broad SMARTS) is 4. The Labute approximate surface area is 519 Å². The van der Waals surface area contributed by atoms with Crippen LogP contribution in [0.2, 0.25) is 0 Å². The summed E-state index contributed by atoms with van der Waals surface area (Å²) in [7, 11) is 0. The van der Waals surface area contributed by atoms with Gasteiger partial charge in [-0.15, -0.1) is 0 Å². The average molecular weight is 1250 g/mol. The van der Waals surface area contributed by atoms with Crippen molar-refractivity contribution in [3.63, 3.8) is 0 Å². The molecule has 0 aromatic heterocycles. The first-order valence-electron chi connectivity index (χ1n) is 28.3. The molecule has 2 unspecified atom stereocenters. The van der Waals surface area contributed by atoms with Gasteiger partial charge in [-0.25, -0.2) is 19.2 Å². The number of phenols is 1. The van der Waals surface area contributed by atoms with Crippen molar-refractivity contribution in [2.75, 3.05) is 25.0 Å². The monoisotopic (exact) mass is 1250 g/mol. The number of aliphatic carboxylic acids is 3. The Kier molecular flexibility index (Phi) is 23.8. The lowest BCUT2D eigenvalue weighted by Crippen LogP contribution is -2.56. The molecule has 5 aromatic rings. The lowest BCUT2D eigenvalue weighted by Gasteiger charge is -2.35. The Hall–Kier alpha value is -11.0. The maximum absolute atomic E-state index is 14.5. The number of ether oxygens (including phenoxy) is 1. The number of anilines is 1. The number of fused-ring (bicyclic) bond motifs is 2. The van der Waals surface area contributed by atoms with Gasteiger partial charge in [0.25, 0.3) is 0 Å². The summed E-state index contributed by atoms with van der Waals surface area (Å²) in [6.07, 6.45) is 2.29. The van der Waals surface area contributed by atoms with E-state index in [0.717, 1.165) is 0 Å². The Morgan fingerprint density at radius 1 is 0.544 bits per heavy atom. The number of allylic oxidation sites excluding steroid dienone is 3. The number of phenolic OH excluding ortho intramolecular Hbond substituents is 1. The van der Waals surface area contributed by atoms with Crippen molar-refractivity contribution >= 4 is 88.2 Å². The molecule has 470 valence electrons. The predicted molar refractivity (Wildman–Crippen MR) is 327 cm³/mol. The number of carboxylic acids is 4. The first kappa shape index (κ1) is 66.6. The van der Waals surface area contributed by atoms with Crippen molar-refractivity contribution in [2.24, 2.45) is 5.92 Å². The third-order valence-corrected chi connectivity index (χ3v) is 14.5. The van der Waals surface area contributed by atoms with Crippen LogP contribution in [-0.2, 0) is 62.4 Å². The minimum atomic E-state index is -1.69. The number of rotatable bonds is 30. The highest BCUT2D eigenvalue weighted by molar-refractivity contribution is 7.80. The van der Waals surface area contributed by atoms with Gasteiger partial charge in [-0.2, -0.15) is 0 Å². The zero-order chi connectivity index (χ0) is 64.9. The molecule has 1 aliphatic heterocycles. The fourth-order valence-electron chi connectivity index (χ4n) is 9.91. The van der Waals surface area contributed by atoms with Gasteiger partial charge in [0.1, 0.15) is 47.5 Å². The van der Waals surface area contributed by atoms with E-state index in [1.165, 1.54) is 30.4 Å². The summed E-state index contributed by atoms with van der Waals surface area (Å²) in [5.41, 5.74) is 3.10. The molecule has 2 aliphatic rings. The molecular weight excluding hydrogens is 1190 g/mol. The first-order chi connectivity index (χ1) is 43.1. The average Bonchev–Trinajstić information content (AvgIpc) is 0.774. The fourth-order valence-corrected chi connectivity index (χ4v) is 10.2. The van der Waals surface area contributed by atoms with Crippen molar-refractivity contribution in [3.8, 4) is 11.5 Å². The molecule has 26 nitrogen and oxygen atoms in total. The Balaban J connectivity index is 0.954. The molecule has 90 heavy (non-hydrogen) atoms. The molecule has 0 radical (unpaired) electrons. The van der Waals surface area contributed by atoms with Crippen LogP contribution in [0.4, 0.5) is 10.5 Å². The molecule has 0 saturated heterocycles. The van der Waals surface area contributed by atoms with Crippen LogP contribution in [0.25, 0.3) is 0 Å². The van der Waals surface area contributed by atoms with Gasteiger partial charge in [-0.05, 0) is 71.6 Å². The molecule has 1 aliphatic carbocycles. The van der Waals surface area contributed by atoms with E-state index in [1.54, 1.807) is 115 Å². The van der Waals surface area contributed by atoms with E-state index in [-0.39, 0.29) is 71.8 Å². The molecular formula is C63H65N9O17S. The number of urea groups is 1.